The molecule has 0 aliphatic carbocycles. The van der Waals surface area contributed by atoms with Gasteiger partial charge in [-0.2, -0.15) is 5.10 Å². The molecule has 3 heterocycles. The molecule has 10 nitrogen and oxygen atoms in total. The van der Waals surface area contributed by atoms with Crippen LogP contribution in [0.25, 0.3) is 5.69 Å². The summed E-state index contributed by atoms with van der Waals surface area (Å²) in [6, 6.07) is 30.6. The number of rotatable bonds is 6. The van der Waals surface area contributed by atoms with Crippen molar-refractivity contribution in [1.29, 1.82) is 0 Å². The summed E-state index contributed by atoms with van der Waals surface area (Å²) in [5.74, 6) is 2.72. The summed E-state index contributed by atoms with van der Waals surface area (Å²) in [5.41, 5.74) is 6.47. The van der Waals surface area contributed by atoms with Crippen LogP contribution in [0.2, 0.25) is 0 Å². The van der Waals surface area contributed by atoms with Crippen molar-refractivity contribution in [3.63, 3.8) is 0 Å². The van der Waals surface area contributed by atoms with Gasteiger partial charge in [-0.3, -0.25) is 0 Å². The van der Waals surface area contributed by atoms with Gasteiger partial charge in [0, 0.05) is 11.6 Å². The van der Waals surface area contributed by atoms with Crippen LogP contribution < -0.4 is 19.7 Å². The molecule has 0 saturated heterocycles. The molecule has 10 heteroatoms. The molecule has 4 aromatic carbocycles. The minimum absolute atomic E-state index is 0.345. The summed E-state index contributed by atoms with van der Waals surface area (Å²) < 4.78 is 17.9. The second-order valence-electron chi connectivity index (χ2n) is 10.5. The first-order valence-electron chi connectivity index (χ1n) is 14.4. The van der Waals surface area contributed by atoms with Crippen molar-refractivity contribution < 1.29 is 19.0 Å². The van der Waals surface area contributed by atoms with Crippen molar-refractivity contribution in [2.75, 3.05) is 31.5 Å². The molecule has 0 saturated carbocycles. The Morgan fingerprint density at radius 3 is 2.33 bits per heavy atom. The fraction of sp³-hybridized carbons (Fsp3) is 0.143. The number of methoxy groups -OCH3 is 3. The number of esters is 1. The Labute approximate surface area is 260 Å². The van der Waals surface area contributed by atoms with E-state index in [9.17, 15) is 4.79 Å². The molecule has 0 bridgehead atoms. The third-order valence-corrected chi connectivity index (χ3v) is 7.95. The van der Waals surface area contributed by atoms with Crippen molar-refractivity contribution in [3.8, 4) is 17.2 Å². The minimum atomic E-state index is -0.392. The van der Waals surface area contributed by atoms with Crippen LogP contribution in [0.4, 0.5) is 22.9 Å². The van der Waals surface area contributed by atoms with Crippen LogP contribution >= 0.6 is 0 Å². The van der Waals surface area contributed by atoms with Crippen molar-refractivity contribution in [1.82, 2.24) is 9.78 Å². The van der Waals surface area contributed by atoms with E-state index in [4.69, 9.17) is 29.3 Å². The SMILES string of the molecule is COC(=O)c1ccc([C@@H]2c3c(C)nn(-c4ccccc4)c3N=C3C(Nc4ccc(OC)cc4OC)=Nc4ccccc4N32)cc1. The monoisotopic (exact) mass is 598 g/mol. The molecule has 5 aromatic rings. The zero-order valence-electron chi connectivity index (χ0n) is 25.2. The number of carbonyl (C=O) groups is 1. The molecule has 0 radical (unpaired) electrons. The van der Waals surface area contributed by atoms with Gasteiger partial charge in [-0.15, -0.1) is 0 Å². The third kappa shape index (κ3) is 4.76. The van der Waals surface area contributed by atoms with E-state index in [1.807, 2.05) is 96.5 Å². The van der Waals surface area contributed by atoms with Gasteiger partial charge in [0.1, 0.15) is 11.5 Å². The number of ether oxygens (including phenoxy) is 3. The average molecular weight is 599 g/mol. The summed E-state index contributed by atoms with van der Waals surface area (Å²) in [6.45, 7) is 2.00. The highest BCUT2D eigenvalue weighted by molar-refractivity contribution is 6.51. The standard InChI is InChI=1S/C35H30N6O4/c1-21-30-31(22-14-16-23(17-15-22)35(42)45-4)40-28-13-9-8-12-26(28)36-32(37-27-19-18-25(43-2)20-29(27)44-3)34(40)38-33(30)41(39-21)24-10-6-5-7-11-24/h5-20,31H,1-4H3,(H,36,37)/t31-/m1/s1. The van der Waals surface area contributed by atoms with E-state index in [1.54, 1.807) is 26.4 Å². The predicted molar refractivity (Wildman–Crippen MR) is 174 cm³/mol. The smallest absolute Gasteiger partial charge is 0.337 e. The highest BCUT2D eigenvalue weighted by atomic mass is 16.5. The zero-order chi connectivity index (χ0) is 31.1. The Balaban J connectivity index is 1.46. The number of aryl methyl sites for hydroxylation is 1. The van der Waals surface area contributed by atoms with Crippen LogP contribution in [-0.2, 0) is 4.74 Å². The molecular weight excluding hydrogens is 568 g/mol. The second kappa shape index (κ2) is 11.3. The van der Waals surface area contributed by atoms with Gasteiger partial charge in [0.25, 0.3) is 0 Å². The molecule has 0 spiro atoms. The first kappa shape index (κ1) is 27.9. The van der Waals surface area contributed by atoms with Crippen LogP contribution in [0, 0.1) is 6.92 Å². The molecule has 1 N–H and O–H groups in total. The number of benzene rings is 4. The number of nitrogens with zero attached hydrogens (tertiary/aromatic N) is 5. The van der Waals surface area contributed by atoms with E-state index in [1.165, 1.54) is 7.11 Å². The molecular formula is C35H30N6O4. The number of carbonyl (C=O) groups excluding carboxylic acids is 1. The first-order valence-corrected chi connectivity index (χ1v) is 14.4. The summed E-state index contributed by atoms with van der Waals surface area (Å²) in [7, 11) is 4.61. The highest BCUT2D eigenvalue weighted by Crippen LogP contribution is 2.48. The molecule has 1 atom stereocenters. The lowest BCUT2D eigenvalue weighted by Gasteiger charge is -2.40. The van der Waals surface area contributed by atoms with Gasteiger partial charge in [0.15, 0.2) is 17.5 Å². The highest BCUT2D eigenvalue weighted by Gasteiger charge is 2.41. The Morgan fingerprint density at radius 2 is 1.60 bits per heavy atom. The zero-order valence-corrected chi connectivity index (χ0v) is 25.2. The number of hydrogen-bond acceptors (Lipinski definition) is 9. The molecule has 0 amide bonds. The van der Waals surface area contributed by atoms with Crippen molar-refractivity contribution in [2.45, 2.75) is 13.0 Å². The van der Waals surface area contributed by atoms with E-state index in [-0.39, 0.29) is 6.04 Å². The number of hydrogen-bond donors (Lipinski definition) is 1. The number of anilines is 2. The maximum absolute atomic E-state index is 12.3. The lowest BCUT2D eigenvalue weighted by molar-refractivity contribution is 0.0600. The molecule has 1 aromatic heterocycles. The topological polar surface area (TPSA) is 103 Å². The third-order valence-electron chi connectivity index (χ3n) is 7.95. The molecule has 224 valence electrons. The maximum Gasteiger partial charge on any atom is 0.337 e. The van der Waals surface area contributed by atoms with Crippen LogP contribution in [0.3, 0.4) is 0 Å². The van der Waals surface area contributed by atoms with Crippen molar-refractivity contribution in [2.24, 2.45) is 9.98 Å². The van der Waals surface area contributed by atoms with E-state index in [0.717, 1.165) is 33.9 Å². The van der Waals surface area contributed by atoms with Gasteiger partial charge in [-0.1, -0.05) is 42.5 Å². The van der Waals surface area contributed by atoms with Crippen LogP contribution in [-0.4, -0.2) is 48.8 Å². The maximum atomic E-state index is 12.3. The van der Waals surface area contributed by atoms with Gasteiger partial charge in [0.2, 0.25) is 0 Å². The predicted octanol–water partition coefficient (Wildman–Crippen LogP) is 6.78. The number of para-hydroxylation sites is 3. The fourth-order valence-electron chi connectivity index (χ4n) is 5.81. The van der Waals surface area contributed by atoms with E-state index in [2.05, 4.69) is 10.2 Å². The Kier molecular flexibility index (Phi) is 7.01. The summed E-state index contributed by atoms with van der Waals surface area (Å²) in [4.78, 5) is 24.8. The Bertz CT molecular complexity index is 1980. The quantitative estimate of drug-likeness (QED) is 0.215. The number of nitrogens with one attached hydrogen (secondary N) is 1. The molecule has 0 unspecified atom stereocenters. The van der Waals surface area contributed by atoms with Crippen LogP contribution in [0.1, 0.15) is 33.2 Å². The molecule has 2 aliphatic heterocycles. The second-order valence-corrected chi connectivity index (χ2v) is 10.5. The lowest BCUT2D eigenvalue weighted by atomic mass is 9.92. The molecule has 45 heavy (non-hydrogen) atoms. The number of aliphatic imine (C=N–C) groups is 2. The normalized spacial score (nSPS) is 14.8. The Hall–Kier alpha value is -5.90. The van der Waals surface area contributed by atoms with Gasteiger partial charge in [-0.25, -0.2) is 19.5 Å². The van der Waals surface area contributed by atoms with E-state index >= 15 is 0 Å². The number of amidine groups is 2. The van der Waals surface area contributed by atoms with Gasteiger partial charge < -0.3 is 24.4 Å². The molecule has 2 aliphatic rings. The number of fused-ring (bicyclic) bond motifs is 4. The summed E-state index contributed by atoms with van der Waals surface area (Å²) in [5, 5.41) is 8.48. The largest absolute Gasteiger partial charge is 0.497 e. The first-order chi connectivity index (χ1) is 22.0. The molecule has 0 fully saturated rings. The van der Waals surface area contributed by atoms with Crippen molar-refractivity contribution >= 4 is 40.5 Å². The number of aromatic nitrogens is 2. The van der Waals surface area contributed by atoms with Gasteiger partial charge in [-0.05, 0) is 61.0 Å². The summed E-state index contributed by atoms with van der Waals surface area (Å²) in [6.07, 6.45) is 0. The molecule has 7 rings (SSSR count). The van der Waals surface area contributed by atoms with Gasteiger partial charge in [0.05, 0.1) is 61.4 Å². The minimum Gasteiger partial charge on any atom is -0.497 e. The van der Waals surface area contributed by atoms with Crippen molar-refractivity contribution in [3.05, 3.63) is 119 Å². The Morgan fingerprint density at radius 1 is 0.844 bits per heavy atom. The van der Waals surface area contributed by atoms with Crippen LogP contribution in [0.15, 0.2) is 107 Å². The van der Waals surface area contributed by atoms with Crippen LogP contribution in [0.5, 0.6) is 11.5 Å². The summed E-state index contributed by atoms with van der Waals surface area (Å²) >= 11 is 0. The van der Waals surface area contributed by atoms with E-state index < -0.39 is 5.97 Å². The van der Waals surface area contributed by atoms with E-state index in [0.29, 0.717) is 40.2 Å². The van der Waals surface area contributed by atoms with Gasteiger partial charge >= 0.3 is 5.97 Å². The lowest BCUT2D eigenvalue weighted by Crippen LogP contribution is -2.46. The fourth-order valence-corrected chi connectivity index (χ4v) is 5.81. The average Bonchev–Trinajstić information content (AvgIpc) is 3.43.